The van der Waals surface area contributed by atoms with Crippen molar-refractivity contribution in [2.24, 2.45) is 0 Å². The molecule has 0 aliphatic rings. The number of imidazole rings is 1. The first kappa shape index (κ1) is 13.4. The summed E-state index contributed by atoms with van der Waals surface area (Å²) in [4.78, 5) is 8.69. The summed E-state index contributed by atoms with van der Waals surface area (Å²) >= 11 is 12.0. The SMILES string of the molecule is ClCCc1nc2ccc(Cl)cc2n1Cc1ccncc1. The maximum Gasteiger partial charge on any atom is 0.111 e. The number of nitrogens with zero attached hydrogens (tertiary/aromatic N) is 3. The van der Waals surface area contributed by atoms with Gasteiger partial charge in [0, 0.05) is 36.3 Å². The molecule has 0 saturated heterocycles. The van der Waals surface area contributed by atoms with Gasteiger partial charge in [-0.1, -0.05) is 11.6 Å². The highest BCUT2D eigenvalue weighted by Gasteiger charge is 2.11. The summed E-state index contributed by atoms with van der Waals surface area (Å²) in [7, 11) is 0. The number of hydrogen-bond donors (Lipinski definition) is 0. The lowest BCUT2D eigenvalue weighted by molar-refractivity contribution is 0.753. The van der Waals surface area contributed by atoms with Crippen molar-refractivity contribution >= 4 is 34.2 Å². The topological polar surface area (TPSA) is 30.7 Å². The molecule has 0 radical (unpaired) electrons. The van der Waals surface area contributed by atoms with Crippen LogP contribution in [0, 0.1) is 0 Å². The number of fused-ring (bicyclic) bond motifs is 1. The smallest absolute Gasteiger partial charge is 0.111 e. The van der Waals surface area contributed by atoms with Crippen molar-refractivity contribution in [3.63, 3.8) is 0 Å². The van der Waals surface area contributed by atoms with Gasteiger partial charge in [-0.05, 0) is 35.9 Å². The van der Waals surface area contributed by atoms with Gasteiger partial charge in [0.25, 0.3) is 0 Å². The molecule has 2 aromatic heterocycles. The van der Waals surface area contributed by atoms with Crippen LogP contribution in [0.25, 0.3) is 11.0 Å². The zero-order chi connectivity index (χ0) is 13.9. The average Bonchev–Trinajstić information content (AvgIpc) is 2.78. The second kappa shape index (κ2) is 5.81. The zero-order valence-corrected chi connectivity index (χ0v) is 12.3. The summed E-state index contributed by atoms with van der Waals surface area (Å²) in [5, 5.41) is 0.714. The molecule has 1 aromatic carbocycles. The second-order valence-corrected chi connectivity index (χ2v) is 5.36. The summed E-state index contributed by atoms with van der Waals surface area (Å²) in [6.45, 7) is 0.742. The third-order valence-corrected chi connectivity index (χ3v) is 3.62. The lowest BCUT2D eigenvalue weighted by Gasteiger charge is -2.08. The number of pyridine rings is 1. The van der Waals surface area contributed by atoms with Crippen molar-refractivity contribution in [3.05, 3.63) is 59.1 Å². The van der Waals surface area contributed by atoms with Crippen molar-refractivity contribution in [3.8, 4) is 0 Å². The molecule has 0 unspecified atom stereocenters. The van der Waals surface area contributed by atoms with Gasteiger partial charge in [0.05, 0.1) is 11.0 Å². The molecule has 3 aromatic rings. The van der Waals surface area contributed by atoms with Gasteiger partial charge in [-0.15, -0.1) is 11.6 Å². The minimum absolute atomic E-state index is 0.549. The third-order valence-electron chi connectivity index (χ3n) is 3.20. The number of rotatable bonds is 4. The first-order valence-electron chi connectivity index (χ1n) is 6.37. The van der Waals surface area contributed by atoms with E-state index in [2.05, 4.69) is 14.5 Å². The molecule has 0 bridgehead atoms. The van der Waals surface area contributed by atoms with E-state index in [-0.39, 0.29) is 0 Å². The normalized spacial score (nSPS) is 11.1. The fourth-order valence-electron chi connectivity index (χ4n) is 2.27. The van der Waals surface area contributed by atoms with Gasteiger partial charge in [0.15, 0.2) is 0 Å². The second-order valence-electron chi connectivity index (χ2n) is 4.54. The maximum atomic E-state index is 6.10. The molecule has 3 rings (SSSR count). The monoisotopic (exact) mass is 305 g/mol. The fourth-order valence-corrected chi connectivity index (χ4v) is 2.60. The largest absolute Gasteiger partial charge is 0.323 e. The number of aromatic nitrogens is 3. The van der Waals surface area contributed by atoms with Crippen LogP contribution in [-0.2, 0) is 13.0 Å². The zero-order valence-electron chi connectivity index (χ0n) is 10.8. The van der Waals surface area contributed by atoms with Crippen molar-refractivity contribution in [2.45, 2.75) is 13.0 Å². The summed E-state index contributed by atoms with van der Waals surface area (Å²) < 4.78 is 2.17. The van der Waals surface area contributed by atoms with Gasteiger partial charge in [-0.25, -0.2) is 4.98 Å². The van der Waals surface area contributed by atoms with Gasteiger partial charge in [0.2, 0.25) is 0 Å². The van der Waals surface area contributed by atoms with E-state index in [4.69, 9.17) is 23.2 Å². The Labute approximate surface area is 127 Å². The molecule has 2 heterocycles. The number of benzene rings is 1. The molecule has 0 aliphatic heterocycles. The summed E-state index contributed by atoms with van der Waals surface area (Å²) in [5.41, 5.74) is 3.16. The average molecular weight is 306 g/mol. The lowest BCUT2D eigenvalue weighted by atomic mass is 10.2. The van der Waals surface area contributed by atoms with E-state index in [0.717, 1.165) is 29.8 Å². The molecule has 20 heavy (non-hydrogen) atoms. The Kier molecular flexibility index (Phi) is 3.90. The number of aryl methyl sites for hydroxylation is 1. The van der Waals surface area contributed by atoms with Gasteiger partial charge in [-0.3, -0.25) is 4.98 Å². The van der Waals surface area contributed by atoms with Gasteiger partial charge in [0.1, 0.15) is 5.82 Å². The predicted molar refractivity (Wildman–Crippen MR) is 82.5 cm³/mol. The van der Waals surface area contributed by atoms with Crippen molar-refractivity contribution in [1.82, 2.24) is 14.5 Å². The van der Waals surface area contributed by atoms with Crippen LogP contribution in [0.15, 0.2) is 42.7 Å². The molecule has 0 amide bonds. The quantitative estimate of drug-likeness (QED) is 0.684. The van der Waals surface area contributed by atoms with Crippen LogP contribution in [0.2, 0.25) is 5.02 Å². The van der Waals surface area contributed by atoms with Crippen molar-refractivity contribution in [1.29, 1.82) is 0 Å². The number of halogens is 2. The van der Waals surface area contributed by atoms with Crippen LogP contribution >= 0.6 is 23.2 Å². The summed E-state index contributed by atoms with van der Waals surface area (Å²) in [6, 6.07) is 9.75. The fraction of sp³-hybridized carbons (Fsp3) is 0.200. The van der Waals surface area contributed by atoms with Crippen molar-refractivity contribution in [2.75, 3.05) is 5.88 Å². The molecule has 0 atom stereocenters. The molecule has 5 heteroatoms. The lowest BCUT2D eigenvalue weighted by Crippen LogP contribution is -2.06. The first-order chi connectivity index (χ1) is 9.78. The van der Waals surface area contributed by atoms with E-state index in [0.29, 0.717) is 10.9 Å². The number of alkyl halides is 1. The van der Waals surface area contributed by atoms with Crippen LogP contribution in [-0.4, -0.2) is 20.4 Å². The van der Waals surface area contributed by atoms with E-state index in [1.165, 1.54) is 5.56 Å². The van der Waals surface area contributed by atoms with E-state index in [1.807, 2.05) is 30.3 Å². The van der Waals surface area contributed by atoms with E-state index in [9.17, 15) is 0 Å². The Bertz CT molecular complexity index is 723. The van der Waals surface area contributed by atoms with Crippen LogP contribution in [0.4, 0.5) is 0 Å². The Balaban J connectivity index is 2.10. The number of hydrogen-bond acceptors (Lipinski definition) is 2. The Morgan fingerprint density at radius 2 is 1.90 bits per heavy atom. The highest BCUT2D eigenvalue weighted by atomic mass is 35.5. The minimum Gasteiger partial charge on any atom is -0.323 e. The summed E-state index contributed by atoms with van der Waals surface area (Å²) in [5.74, 6) is 1.53. The Morgan fingerprint density at radius 3 is 2.65 bits per heavy atom. The first-order valence-corrected chi connectivity index (χ1v) is 7.28. The molecule has 0 N–H and O–H groups in total. The van der Waals surface area contributed by atoms with Crippen molar-refractivity contribution < 1.29 is 0 Å². The highest BCUT2D eigenvalue weighted by Crippen LogP contribution is 2.22. The van der Waals surface area contributed by atoms with E-state index < -0.39 is 0 Å². The standard InChI is InChI=1S/C15H13Cl2N3/c16-6-3-15-19-13-2-1-12(17)9-14(13)20(15)10-11-4-7-18-8-5-11/h1-2,4-5,7-9H,3,6,10H2. The third kappa shape index (κ3) is 2.65. The van der Waals surface area contributed by atoms with E-state index >= 15 is 0 Å². The molecular weight excluding hydrogens is 293 g/mol. The van der Waals surface area contributed by atoms with Crippen LogP contribution in [0.3, 0.4) is 0 Å². The van der Waals surface area contributed by atoms with Gasteiger partial charge >= 0.3 is 0 Å². The van der Waals surface area contributed by atoms with Gasteiger partial charge in [-0.2, -0.15) is 0 Å². The Morgan fingerprint density at radius 1 is 1.10 bits per heavy atom. The molecule has 0 aliphatic carbocycles. The minimum atomic E-state index is 0.549. The van der Waals surface area contributed by atoms with Crippen LogP contribution < -0.4 is 0 Å². The molecular formula is C15H13Cl2N3. The van der Waals surface area contributed by atoms with E-state index in [1.54, 1.807) is 12.4 Å². The highest BCUT2D eigenvalue weighted by molar-refractivity contribution is 6.31. The van der Waals surface area contributed by atoms with Gasteiger partial charge < -0.3 is 4.57 Å². The van der Waals surface area contributed by atoms with Crippen LogP contribution in [0.1, 0.15) is 11.4 Å². The predicted octanol–water partition coefficient (Wildman–Crippen LogP) is 3.91. The molecule has 3 nitrogen and oxygen atoms in total. The molecule has 102 valence electrons. The maximum absolute atomic E-state index is 6.10. The Hall–Kier alpha value is -1.58. The van der Waals surface area contributed by atoms with Crippen LogP contribution in [0.5, 0.6) is 0 Å². The molecule has 0 spiro atoms. The molecule has 0 saturated carbocycles. The molecule has 0 fully saturated rings. The summed E-state index contributed by atoms with van der Waals surface area (Å²) in [6.07, 6.45) is 4.32.